The summed E-state index contributed by atoms with van der Waals surface area (Å²) < 4.78 is 0.785. The highest BCUT2D eigenvalue weighted by atomic mass is 79.9. The predicted octanol–water partition coefficient (Wildman–Crippen LogP) is 2.03. The fourth-order valence-electron chi connectivity index (χ4n) is 1.99. The van der Waals surface area contributed by atoms with Gasteiger partial charge in [-0.1, -0.05) is 11.6 Å². The fourth-order valence-corrected chi connectivity index (χ4v) is 2.56. The SMILES string of the molecule is CC1CN(C)CCN1c1ncnc(Cl)c1Br. The maximum Gasteiger partial charge on any atom is 0.148 e. The molecule has 0 aliphatic carbocycles. The molecular formula is C10H14BrClN4. The zero-order valence-electron chi connectivity index (χ0n) is 9.32. The van der Waals surface area contributed by atoms with Crippen molar-refractivity contribution in [2.45, 2.75) is 13.0 Å². The lowest BCUT2D eigenvalue weighted by atomic mass is 10.2. The Morgan fingerprint density at radius 3 is 2.88 bits per heavy atom. The summed E-state index contributed by atoms with van der Waals surface area (Å²) in [7, 11) is 2.13. The van der Waals surface area contributed by atoms with Crippen molar-refractivity contribution in [3.8, 4) is 0 Å². The van der Waals surface area contributed by atoms with Gasteiger partial charge in [-0.25, -0.2) is 9.97 Å². The van der Waals surface area contributed by atoms with Crippen LogP contribution in [0.2, 0.25) is 5.15 Å². The van der Waals surface area contributed by atoms with Gasteiger partial charge in [-0.05, 0) is 29.9 Å². The van der Waals surface area contributed by atoms with Crippen molar-refractivity contribution in [3.63, 3.8) is 0 Å². The average molecular weight is 306 g/mol. The normalized spacial score (nSPS) is 22.5. The molecule has 1 atom stereocenters. The maximum atomic E-state index is 5.97. The third-order valence-electron chi connectivity index (χ3n) is 2.83. The van der Waals surface area contributed by atoms with Crippen LogP contribution in [0.5, 0.6) is 0 Å². The standard InChI is InChI=1S/C10H14BrClN4/c1-7-5-15(2)3-4-16(7)10-8(11)9(12)13-6-14-10/h6-7H,3-5H2,1-2H3. The van der Waals surface area contributed by atoms with E-state index in [1.165, 1.54) is 6.33 Å². The summed E-state index contributed by atoms with van der Waals surface area (Å²) >= 11 is 9.42. The van der Waals surface area contributed by atoms with Gasteiger partial charge in [0.25, 0.3) is 0 Å². The smallest absolute Gasteiger partial charge is 0.148 e. The third-order valence-corrected chi connectivity index (χ3v) is 4.08. The van der Waals surface area contributed by atoms with Crippen LogP contribution in [0.1, 0.15) is 6.92 Å². The topological polar surface area (TPSA) is 32.3 Å². The Kier molecular flexibility index (Phi) is 3.66. The molecule has 1 fully saturated rings. The van der Waals surface area contributed by atoms with Crippen LogP contribution in [0.15, 0.2) is 10.8 Å². The van der Waals surface area contributed by atoms with Crippen molar-refractivity contribution in [1.29, 1.82) is 0 Å². The highest BCUT2D eigenvalue weighted by molar-refractivity contribution is 9.10. The highest BCUT2D eigenvalue weighted by Crippen LogP contribution is 2.30. The first-order valence-electron chi connectivity index (χ1n) is 5.20. The Morgan fingerprint density at radius 2 is 2.19 bits per heavy atom. The van der Waals surface area contributed by atoms with E-state index in [1.807, 2.05) is 0 Å². The quantitative estimate of drug-likeness (QED) is 0.743. The largest absolute Gasteiger partial charge is 0.350 e. The third kappa shape index (κ3) is 2.31. The number of hydrogen-bond acceptors (Lipinski definition) is 4. The van der Waals surface area contributed by atoms with Gasteiger partial charge in [-0.15, -0.1) is 0 Å². The number of piperazine rings is 1. The van der Waals surface area contributed by atoms with E-state index in [-0.39, 0.29) is 0 Å². The molecule has 0 N–H and O–H groups in total. The van der Waals surface area contributed by atoms with Gasteiger partial charge in [0.1, 0.15) is 17.3 Å². The van der Waals surface area contributed by atoms with E-state index >= 15 is 0 Å². The van der Waals surface area contributed by atoms with Crippen LogP contribution in [0, 0.1) is 0 Å². The van der Waals surface area contributed by atoms with Gasteiger partial charge in [0.15, 0.2) is 0 Å². The molecule has 1 aliphatic rings. The Bertz CT molecular complexity index is 387. The van der Waals surface area contributed by atoms with E-state index in [0.717, 1.165) is 29.9 Å². The molecule has 1 aromatic rings. The van der Waals surface area contributed by atoms with E-state index in [4.69, 9.17) is 11.6 Å². The molecule has 2 rings (SSSR count). The van der Waals surface area contributed by atoms with Crippen LogP contribution in [0.3, 0.4) is 0 Å². The molecule has 1 unspecified atom stereocenters. The molecule has 2 heterocycles. The zero-order chi connectivity index (χ0) is 11.7. The summed E-state index contributed by atoms with van der Waals surface area (Å²) in [6.45, 7) is 5.23. The zero-order valence-corrected chi connectivity index (χ0v) is 11.7. The van der Waals surface area contributed by atoms with Crippen LogP contribution >= 0.6 is 27.5 Å². The second-order valence-electron chi connectivity index (χ2n) is 4.11. The molecule has 0 bridgehead atoms. The van der Waals surface area contributed by atoms with Crippen molar-refractivity contribution in [3.05, 3.63) is 16.0 Å². The van der Waals surface area contributed by atoms with Gasteiger partial charge in [0.2, 0.25) is 0 Å². The van der Waals surface area contributed by atoms with Crippen molar-refractivity contribution >= 4 is 33.3 Å². The minimum absolute atomic E-state index is 0.431. The van der Waals surface area contributed by atoms with Gasteiger partial charge in [0.05, 0.1) is 4.47 Å². The van der Waals surface area contributed by atoms with Gasteiger partial charge in [-0.3, -0.25) is 0 Å². The van der Waals surface area contributed by atoms with Gasteiger partial charge < -0.3 is 9.80 Å². The summed E-state index contributed by atoms with van der Waals surface area (Å²) in [4.78, 5) is 12.8. The number of nitrogens with zero attached hydrogens (tertiary/aromatic N) is 4. The van der Waals surface area contributed by atoms with Crippen molar-refractivity contribution < 1.29 is 0 Å². The van der Waals surface area contributed by atoms with Crippen LogP contribution < -0.4 is 4.90 Å². The molecule has 1 saturated heterocycles. The Labute approximate surface area is 109 Å². The lowest BCUT2D eigenvalue weighted by Crippen LogP contribution is -2.51. The molecule has 4 nitrogen and oxygen atoms in total. The number of halogens is 2. The number of hydrogen-bond donors (Lipinski definition) is 0. The summed E-state index contributed by atoms with van der Waals surface area (Å²) in [5.41, 5.74) is 0. The van der Waals surface area contributed by atoms with E-state index in [2.05, 4.69) is 49.7 Å². The molecule has 1 aromatic heterocycles. The number of rotatable bonds is 1. The average Bonchev–Trinajstić information content (AvgIpc) is 2.23. The lowest BCUT2D eigenvalue weighted by Gasteiger charge is -2.39. The first-order chi connectivity index (χ1) is 7.59. The monoisotopic (exact) mass is 304 g/mol. The van der Waals surface area contributed by atoms with Crippen molar-refractivity contribution in [1.82, 2.24) is 14.9 Å². The van der Waals surface area contributed by atoms with Crippen LogP contribution in [0.4, 0.5) is 5.82 Å². The van der Waals surface area contributed by atoms with Crippen molar-refractivity contribution in [2.75, 3.05) is 31.6 Å². The van der Waals surface area contributed by atoms with E-state index < -0.39 is 0 Å². The van der Waals surface area contributed by atoms with Crippen LogP contribution in [0.25, 0.3) is 0 Å². The number of likely N-dealkylation sites (N-methyl/N-ethyl adjacent to an activating group) is 1. The maximum absolute atomic E-state index is 5.97. The molecular weight excluding hydrogens is 291 g/mol. The minimum Gasteiger partial charge on any atom is -0.350 e. The number of anilines is 1. The molecule has 0 aromatic carbocycles. The number of aromatic nitrogens is 2. The Hall–Kier alpha value is -0.390. The fraction of sp³-hybridized carbons (Fsp3) is 0.600. The summed E-state index contributed by atoms with van der Waals surface area (Å²) in [6, 6.07) is 0.431. The second-order valence-corrected chi connectivity index (χ2v) is 5.26. The van der Waals surface area contributed by atoms with E-state index in [0.29, 0.717) is 11.2 Å². The highest BCUT2D eigenvalue weighted by Gasteiger charge is 2.24. The molecule has 1 aliphatic heterocycles. The lowest BCUT2D eigenvalue weighted by molar-refractivity contribution is 0.274. The van der Waals surface area contributed by atoms with Gasteiger partial charge in [-0.2, -0.15) is 0 Å². The molecule has 6 heteroatoms. The van der Waals surface area contributed by atoms with Crippen molar-refractivity contribution in [2.24, 2.45) is 0 Å². The van der Waals surface area contributed by atoms with Gasteiger partial charge >= 0.3 is 0 Å². The molecule has 0 saturated carbocycles. The Balaban J connectivity index is 2.27. The first kappa shape index (κ1) is 12.1. The summed E-state index contributed by atoms with van der Waals surface area (Å²) in [5.74, 6) is 0.889. The minimum atomic E-state index is 0.431. The predicted molar refractivity (Wildman–Crippen MR) is 69.0 cm³/mol. The van der Waals surface area contributed by atoms with E-state index in [9.17, 15) is 0 Å². The summed E-state index contributed by atoms with van der Waals surface area (Å²) in [6.07, 6.45) is 1.51. The Morgan fingerprint density at radius 1 is 1.44 bits per heavy atom. The van der Waals surface area contributed by atoms with Gasteiger partial charge in [0, 0.05) is 25.7 Å². The molecule has 0 radical (unpaired) electrons. The molecule has 16 heavy (non-hydrogen) atoms. The molecule has 0 amide bonds. The summed E-state index contributed by atoms with van der Waals surface area (Å²) in [5, 5.41) is 0.469. The van der Waals surface area contributed by atoms with E-state index in [1.54, 1.807) is 0 Å². The molecule has 0 spiro atoms. The second kappa shape index (κ2) is 4.85. The van der Waals surface area contributed by atoms with Crippen LogP contribution in [-0.2, 0) is 0 Å². The molecule has 88 valence electrons. The van der Waals surface area contributed by atoms with Crippen LogP contribution in [-0.4, -0.2) is 47.6 Å². The first-order valence-corrected chi connectivity index (χ1v) is 6.38.